The lowest BCUT2D eigenvalue weighted by Crippen LogP contribution is -2.57. The lowest BCUT2D eigenvalue weighted by molar-refractivity contribution is -0.385. The molecule has 1 atom stereocenters. The van der Waals surface area contributed by atoms with Crippen LogP contribution in [0, 0.1) is 22.5 Å². The van der Waals surface area contributed by atoms with Gasteiger partial charge < -0.3 is 4.90 Å². The minimum Gasteiger partial charge on any atom is -0.330 e. The highest BCUT2D eigenvalue weighted by Gasteiger charge is 2.48. The summed E-state index contributed by atoms with van der Waals surface area (Å²) in [6, 6.07) is 14.5. The minimum atomic E-state index is -0.427. The van der Waals surface area contributed by atoms with E-state index in [1.54, 1.807) is 19.1 Å². The molecular formula is C19H20N2O3. The topological polar surface area (TPSA) is 63.5 Å². The molecule has 1 aliphatic rings. The Morgan fingerprint density at radius 2 is 1.88 bits per heavy atom. The average molecular weight is 324 g/mol. The van der Waals surface area contributed by atoms with Crippen LogP contribution in [0.4, 0.5) is 5.69 Å². The van der Waals surface area contributed by atoms with Crippen molar-refractivity contribution in [2.45, 2.75) is 26.8 Å². The molecule has 5 nitrogen and oxygen atoms in total. The van der Waals surface area contributed by atoms with Gasteiger partial charge in [-0.2, -0.15) is 0 Å². The standard InChI is InChI=1S/C19H20N2O3/c1-13-11-15(9-10-16(13)21(23)24)18(22)20-12-19(2,3)17(20)14-7-5-4-6-8-14/h4-11,17H,12H2,1-3H3. The number of rotatable bonds is 3. The van der Waals surface area contributed by atoms with E-state index in [0.717, 1.165) is 5.56 Å². The normalized spacial score (nSPS) is 18.8. The number of aryl methyl sites for hydroxylation is 1. The molecule has 24 heavy (non-hydrogen) atoms. The maximum absolute atomic E-state index is 12.9. The zero-order valence-electron chi connectivity index (χ0n) is 14.0. The van der Waals surface area contributed by atoms with E-state index < -0.39 is 4.92 Å². The van der Waals surface area contributed by atoms with Gasteiger partial charge >= 0.3 is 0 Å². The Labute approximate surface area is 141 Å². The molecular weight excluding hydrogens is 304 g/mol. The number of nitro benzene ring substituents is 1. The van der Waals surface area contributed by atoms with Crippen molar-refractivity contribution in [1.29, 1.82) is 0 Å². The number of hydrogen-bond donors (Lipinski definition) is 0. The second-order valence-electron chi connectivity index (χ2n) is 6.99. The summed E-state index contributed by atoms with van der Waals surface area (Å²) in [5.41, 5.74) is 2.15. The summed E-state index contributed by atoms with van der Waals surface area (Å²) in [4.78, 5) is 25.2. The Morgan fingerprint density at radius 1 is 1.21 bits per heavy atom. The van der Waals surface area contributed by atoms with Crippen LogP contribution in [0.2, 0.25) is 0 Å². The first-order valence-electron chi connectivity index (χ1n) is 7.92. The van der Waals surface area contributed by atoms with Gasteiger partial charge in [0.05, 0.1) is 11.0 Å². The number of carbonyl (C=O) groups is 1. The second kappa shape index (κ2) is 5.74. The highest BCUT2D eigenvalue weighted by atomic mass is 16.6. The second-order valence-corrected chi connectivity index (χ2v) is 6.99. The van der Waals surface area contributed by atoms with Gasteiger partial charge in [0.15, 0.2) is 0 Å². The van der Waals surface area contributed by atoms with Crippen LogP contribution in [-0.4, -0.2) is 22.3 Å². The summed E-state index contributed by atoms with van der Waals surface area (Å²) in [7, 11) is 0. The Morgan fingerprint density at radius 3 is 2.42 bits per heavy atom. The van der Waals surface area contributed by atoms with Crippen molar-refractivity contribution in [3.05, 3.63) is 75.3 Å². The molecule has 2 aromatic carbocycles. The lowest BCUT2D eigenvalue weighted by Gasteiger charge is -2.54. The summed E-state index contributed by atoms with van der Waals surface area (Å²) in [6.07, 6.45) is 0. The van der Waals surface area contributed by atoms with E-state index in [-0.39, 0.29) is 23.1 Å². The van der Waals surface area contributed by atoms with Crippen molar-refractivity contribution in [3.63, 3.8) is 0 Å². The fourth-order valence-corrected chi connectivity index (χ4v) is 3.54. The highest BCUT2D eigenvalue weighted by Crippen LogP contribution is 2.48. The third kappa shape index (κ3) is 2.66. The smallest absolute Gasteiger partial charge is 0.272 e. The molecule has 124 valence electrons. The molecule has 1 amide bonds. The molecule has 2 aromatic rings. The fourth-order valence-electron chi connectivity index (χ4n) is 3.54. The number of likely N-dealkylation sites (tertiary alicyclic amines) is 1. The Hall–Kier alpha value is -2.69. The van der Waals surface area contributed by atoms with Gasteiger partial charge in [0.2, 0.25) is 0 Å². The van der Waals surface area contributed by atoms with Crippen molar-refractivity contribution in [2.24, 2.45) is 5.41 Å². The third-order valence-electron chi connectivity index (χ3n) is 4.65. The average Bonchev–Trinajstić information content (AvgIpc) is 2.52. The van der Waals surface area contributed by atoms with Gasteiger partial charge in [-0.3, -0.25) is 14.9 Å². The number of amides is 1. The fraction of sp³-hybridized carbons (Fsp3) is 0.316. The van der Waals surface area contributed by atoms with Gasteiger partial charge in [-0.15, -0.1) is 0 Å². The van der Waals surface area contributed by atoms with Crippen LogP contribution in [0.25, 0.3) is 0 Å². The van der Waals surface area contributed by atoms with E-state index in [9.17, 15) is 14.9 Å². The van der Waals surface area contributed by atoms with Crippen LogP contribution in [0.5, 0.6) is 0 Å². The lowest BCUT2D eigenvalue weighted by atomic mass is 9.71. The van der Waals surface area contributed by atoms with Crippen LogP contribution in [0.15, 0.2) is 48.5 Å². The molecule has 0 spiro atoms. The molecule has 1 heterocycles. The van der Waals surface area contributed by atoms with Crippen LogP contribution in [-0.2, 0) is 0 Å². The van der Waals surface area contributed by atoms with E-state index in [2.05, 4.69) is 13.8 Å². The van der Waals surface area contributed by atoms with Gasteiger partial charge in [-0.25, -0.2) is 0 Å². The first-order valence-corrected chi connectivity index (χ1v) is 7.92. The quantitative estimate of drug-likeness (QED) is 0.630. The predicted octanol–water partition coefficient (Wildman–Crippen LogP) is 4.13. The van der Waals surface area contributed by atoms with Crippen molar-refractivity contribution in [3.8, 4) is 0 Å². The van der Waals surface area contributed by atoms with Crippen LogP contribution in [0.1, 0.15) is 41.4 Å². The number of hydrogen-bond acceptors (Lipinski definition) is 3. The van der Waals surface area contributed by atoms with Crippen LogP contribution < -0.4 is 0 Å². The summed E-state index contributed by atoms with van der Waals surface area (Å²) in [6.45, 7) is 6.62. The van der Waals surface area contributed by atoms with Crippen molar-refractivity contribution in [1.82, 2.24) is 4.90 Å². The first kappa shape index (κ1) is 16.2. The summed E-state index contributed by atoms with van der Waals surface area (Å²) in [5.74, 6) is -0.0822. The number of benzene rings is 2. The summed E-state index contributed by atoms with van der Waals surface area (Å²) >= 11 is 0. The zero-order valence-corrected chi connectivity index (χ0v) is 14.0. The highest BCUT2D eigenvalue weighted by molar-refractivity contribution is 5.95. The minimum absolute atomic E-state index is 0.00678. The zero-order chi connectivity index (χ0) is 17.5. The van der Waals surface area contributed by atoms with Crippen LogP contribution >= 0.6 is 0 Å². The maximum atomic E-state index is 12.9. The van der Waals surface area contributed by atoms with Gasteiger partial charge in [0, 0.05) is 29.2 Å². The molecule has 0 saturated carbocycles. The van der Waals surface area contributed by atoms with E-state index >= 15 is 0 Å². The largest absolute Gasteiger partial charge is 0.330 e. The third-order valence-corrected chi connectivity index (χ3v) is 4.65. The summed E-state index contributed by atoms with van der Waals surface area (Å²) in [5, 5.41) is 10.9. The molecule has 1 fully saturated rings. The number of nitrogens with zero attached hydrogens (tertiary/aromatic N) is 2. The van der Waals surface area contributed by atoms with Gasteiger partial charge in [0.1, 0.15) is 0 Å². The van der Waals surface area contributed by atoms with Gasteiger partial charge in [-0.1, -0.05) is 44.2 Å². The van der Waals surface area contributed by atoms with Gasteiger partial charge in [0.25, 0.3) is 11.6 Å². The first-order chi connectivity index (χ1) is 11.3. The molecule has 5 heteroatoms. The molecule has 0 N–H and O–H groups in total. The SMILES string of the molecule is Cc1cc(C(=O)N2CC(C)(C)C2c2ccccc2)ccc1[N+](=O)[O-]. The molecule has 1 aliphatic heterocycles. The Bertz CT molecular complexity index is 800. The molecule has 1 saturated heterocycles. The number of nitro groups is 1. The molecule has 0 bridgehead atoms. The van der Waals surface area contributed by atoms with E-state index in [4.69, 9.17) is 0 Å². The Kier molecular flexibility index (Phi) is 3.87. The molecule has 0 aliphatic carbocycles. The van der Waals surface area contributed by atoms with Gasteiger partial charge in [-0.05, 0) is 24.6 Å². The maximum Gasteiger partial charge on any atom is 0.272 e. The van der Waals surface area contributed by atoms with Crippen molar-refractivity contribution < 1.29 is 9.72 Å². The Balaban J connectivity index is 1.90. The molecule has 1 unspecified atom stereocenters. The monoisotopic (exact) mass is 324 g/mol. The van der Waals surface area contributed by atoms with E-state index in [1.165, 1.54) is 6.07 Å². The molecule has 3 rings (SSSR count). The van der Waals surface area contributed by atoms with Crippen LogP contribution in [0.3, 0.4) is 0 Å². The van der Waals surface area contributed by atoms with E-state index in [0.29, 0.717) is 17.7 Å². The number of carbonyl (C=O) groups excluding carboxylic acids is 1. The molecule has 0 aromatic heterocycles. The molecule has 0 radical (unpaired) electrons. The van der Waals surface area contributed by atoms with E-state index in [1.807, 2.05) is 35.2 Å². The summed E-state index contributed by atoms with van der Waals surface area (Å²) < 4.78 is 0. The van der Waals surface area contributed by atoms with Crippen molar-refractivity contribution in [2.75, 3.05) is 6.54 Å². The predicted molar refractivity (Wildman–Crippen MR) is 91.8 cm³/mol. The van der Waals surface area contributed by atoms with Crippen molar-refractivity contribution >= 4 is 11.6 Å².